The maximum atomic E-state index is 12.1. The number of carbonyl (C=O) groups excluding carboxylic acids is 1. The molecule has 1 fully saturated rings. The Hall–Kier alpha value is -0.890. The van der Waals surface area contributed by atoms with Crippen molar-refractivity contribution < 1.29 is 4.79 Å². The van der Waals surface area contributed by atoms with Crippen molar-refractivity contribution in [3.8, 4) is 0 Å². The molecule has 80 valence electrons. The van der Waals surface area contributed by atoms with E-state index in [0.29, 0.717) is 10.6 Å². The molecule has 1 aromatic heterocycles. The lowest BCUT2D eigenvalue weighted by Crippen LogP contribution is -2.17. The van der Waals surface area contributed by atoms with E-state index in [1.807, 2.05) is 0 Å². The zero-order chi connectivity index (χ0) is 10.7. The maximum absolute atomic E-state index is 12.1. The third kappa shape index (κ3) is 2.57. The van der Waals surface area contributed by atoms with Crippen LogP contribution in [-0.2, 0) is 0 Å². The summed E-state index contributed by atoms with van der Waals surface area (Å²) in [6.07, 6.45) is 8.81. The van der Waals surface area contributed by atoms with Crippen LogP contribution >= 0.6 is 11.6 Å². The summed E-state index contributed by atoms with van der Waals surface area (Å²) < 4.78 is 0. The van der Waals surface area contributed by atoms with Crippen molar-refractivity contribution in [3.63, 3.8) is 0 Å². The lowest BCUT2D eigenvalue weighted by Gasteiger charge is -2.20. The van der Waals surface area contributed by atoms with E-state index in [2.05, 4.69) is 4.98 Å². The van der Waals surface area contributed by atoms with Gasteiger partial charge in [-0.25, -0.2) is 0 Å². The molecule has 2 nitrogen and oxygen atoms in total. The molecule has 1 saturated carbocycles. The summed E-state index contributed by atoms with van der Waals surface area (Å²) in [6, 6.07) is 1.71. The lowest BCUT2D eigenvalue weighted by atomic mass is 9.84. The Morgan fingerprint density at radius 2 is 2.00 bits per heavy atom. The topological polar surface area (TPSA) is 30.0 Å². The number of aromatic nitrogens is 1. The molecule has 1 aliphatic rings. The molecular formula is C12H14ClNO. The van der Waals surface area contributed by atoms with E-state index >= 15 is 0 Å². The van der Waals surface area contributed by atoms with Gasteiger partial charge < -0.3 is 0 Å². The van der Waals surface area contributed by atoms with Crippen molar-refractivity contribution in [2.24, 2.45) is 5.92 Å². The molecule has 1 aliphatic carbocycles. The van der Waals surface area contributed by atoms with Crippen LogP contribution in [0.3, 0.4) is 0 Å². The molecular weight excluding hydrogens is 210 g/mol. The second-order valence-electron chi connectivity index (χ2n) is 4.09. The fraction of sp³-hybridized carbons (Fsp3) is 0.500. The van der Waals surface area contributed by atoms with Crippen LogP contribution < -0.4 is 0 Å². The normalized spacial score (nSPS) is 17.7. The molecule has 0 N–H and O–H groups in total. The summed E-state index contributed by atoms with van der Waals surface area (Å²) in [5.41, 5.74) is 0.661. The SMILES string of the molecule is O=C(c1cncc(Cl)c1)C1CCCCC1. The Kier molecular flexibility index (Phi) is 3.37. The zero-order valence-electron chi connectivity index (χ0n) is 8.58. The molecule has 2 rings (SSSR count). The Labute approximate surface area is 94.7 Å². The van der Waals surface area contributed by atoms with Gasteiger partial charge in [0.25, 0.3) is 0 Å². The standard InChI is InChI=1S/C12H14ClNO/c13-11-6-10(7-14-8-11)12(15)9-4-2-1-3-5-9/h6-9H,1-5H2. The largest absolute Gasteiger partial charge is 0.294 e. The smallest absolute Gasteiger partial charge is 0.167 e. The van der Waals surface area contributed by atoms with Crippen molar-refractivity contribution in [2.45, 2.75) is 32.1 Å². The van der Waals surface area contributed by atoms with Gasteiger partial charge in [-0.05, 0) is 18.9 Å². The zero-order valence-corrected chi connectivity index (χ0v) is 9.33. The van der Waals surface area contributed by atoms with E-state index in [9.17, 15) is 4.79 Å². The monoisotopic (exact) mass is 223 g/mol. The molecule has 0 aliphatic heterocycles. The van der Waals surface area contributed by atoms with Crippen molar-refractivity contribution in [3.05, 3.63) is 29.0 Å². The van der Waals surface area contributed by atoms with Gasteiger partial charge in [0.2, 0.25) is 0 Å². The van der Waals surface area contributed by atoms with Crippen molar-refractivity contribution in [2.75, 3.05) is 0 Å². The molecule has 1 heterocycles. The molecule has 1 aromatic rings. The van der Waals surface area contributed by atoms with Crippen LogP contribution in [0.1, 0.15) is 42.5 Å². The lowest BCUT2D eigenvalue weighted by molar-refractivity contribution is 0.0889. The number of hydrogen-bond donors (Lipinski definition) is 0. The summed E-state index contributed by atoms with van der Waals surface area (Å²) in [4.78, 5) is 16.0. The molecule has 0 spiro atoms. The Morgan fingerprint density at radius 3 is 2.67 bits per heavy atom. The van der Waals surface area contributed by atoms with E-state index in [1.54, 1.807) is 18.5 Å². The quantitative estimate of drug-likeness (QED) is 0.719. The van der Waals surface area contributed by atoms with Gasteiger partial charge in [-0.3, -0.25) is 9.78 Å². The average Bonchev–Trinajstić information content (AvgIpc) is 2.29. The van der Waals surface area contributed by atoms with Gasteiger partial charge in [-0.1, -0.05) is 30.9 Å². The first kappa shape index (κ1) is 10.6. The second-order valence-corrected chi connectivity index (χ2v) is 4.53. The van der Waals surface area contributed by atoms with E-state index in [4.69, 9.17) is 11.6 Å². The summed E-state index contributed by atoms with van der Waals surface area (Å²) in [5, 5.41) is 0.539. The first-order chi connectivity index (χ1) is 7.27. The van der Waals surface area contributed by atoms with Gasteiger partial charge in [0.1, 0.15) is 0 Å². The number of Topliss-reactive ketones (excluding diaryl/α,β-unsaturated/α-hetero) is 1. The maximum Gasteiger partial charge on any atom is 0.167 e. The van der Waals surface area contributed by atoms with E-state index in [-0.39, 0.29) is 11.7 Å². The highest BCUT2D eigenvalue weighted by Gasteiger charge is 2.22. The molecule has 0 saturated heterocycles. The number of nitrogens with zero attached hydrogens (tertiary/aromatic N) is 1. The molecule has 0 amide bonds. The molecule has 0 radical (unpaired) electrons. The minimum absolute atomic E-state index is 0.194. The second kappa shape index (κ2) is 4.75. The third-order valence-corrected chi connectivity index (χ3v) is 3.17. The first-order valence-corrected chi connectivity index (χ1v) is 5.80. The summed E-state index contributed by atoms with van der Waals surface area (Å²) in [7, 11) is 0. The minimum atomic E-state index is 0.194. The summed E-state index contributed by atoms with van der Waals surface area (Å²) in [5.74, 6) is 0.406. The molecule has 0 unspecified atom stereocenters. The fourth-order valence-corrected chi connectivity index (χ4v) is 2.32. The van der Waals surface area contributed by atoms with Gasteiger partial charge in [-0.15, -0.1) is 0 Å². The van der Waals surface area contributed by atoms with Gasteiger partial charge in [0, 0.05) is 23.9 Å². The first-order valence-electron chi connectivity index (χ1n) is 5.42. The van der Waals surface area contributed by atoms with Crippen LogP contribution in [-0.4, -0.2) is 10.8 Å². The van der Waals surface area contributed by atoms with Gasteiger partial charge in [-0.2, -0.15) is 0 Å². The highest BCUT2D eigenvalue weighted by atomic mass is 35.5. The van der Waals surface area contributed by atoms with E-state index in [0.717, 1.165) is 12.8 Å². The van der Waals surface area contributed by atoms with Gasteiger partial charge in [0.15, 0.2) is 5.78 Å². The van der Waals surface area contributed by atoms with E-state index in [1.165, 1.54) is 19.3 Å². The summed E-state index contributed by atoms with van der Waals surface area (Å²) in [6.45, 7) is 0. The molecule has 15 heavy (non-hydrogen) atoms. The fourth-order valence-electron chi connectivity index (χ4n) is 2.15. The predicted molar refractivity (Wildman–Crippen MR) is 60.2 cm³/mol. The van der Waals surface area contributed by atoms with Crippen LogP contribution in [0.2, 0.25) is 5.02 Å². The van der Waals surface area contributed by atoms with Crippen LogP contribution in [0.15, 0.2) is 18.5 Å². The van der Waals surface area contributed by atoms with Crippen LogP contribution in [0.25, 0.3) is 0 Å². The number of carbonyl (C=O) groups is 1. The number of rotatable bonds is 2. The molecule has 0 atom stereocenters. The number of halogens is 1. The van der Waals surface area contributed by atoms with E-state index < -0.39 is 0 Å². The number of pyridine rings is 1. The number of hydrogen-bond acceptors (Lipinski definition) is 2. The third-order valence-electron chi connectivity index (χ3n) is 2.97. The Bertz CT molecular complexity index is 358. The minimum Gasteiger partial charge on any atom is -0.294 e. The summed E-state index contributed by atoms with van der Waals surface area (Å²) >= 11 is 5.81. The van der Waals surface area contributed by atoms with Gasteiger partial charge in [0.05, 0.1) is 5.02 Å². The average molecular weight is 224 g/mol. The highest BCUT2D eigenvalue weighted by molar-refractivity contribution is 6.30. The predicted octanol–water partition coefficient (Wildman–Crippen LogP) is 3.50. The van der Waals surface area contributed by atoms with Crippen molar-refractivity contribution in [1.29, 1.82) is 0 Å². The van der Waals surface area contributed by atoms with Crippen LogP contribution in [0.4, 0.5) is 0 Å². The Balaban J connectivity index is 2.12. The van der Waals surface area contributed by atoms with Gasteiger partial charge >= 0.3 is 0 Å². The molecule has 0 aromatic carbocycles. The van der Waals surface area contributed by atoms with Crippen LogP contribution in [0.5, 0.6) is 0 Å². The number of ketones is 1. The van der Waals surface area contributed by atoms with Crippen LogP contribution in [0, 0.1) is 5.92 Å². The highest BCUT2D eigenvalue weighted by Crippen LogP contribution is 2.27. The molecule has 0 bridgehead atoms. The van der Waals surface area contributed by atoms with Crippen molar-refractivity contribution in [1.82, 2.24) is 4.98 Å². The van der Waals surface area contributed by atoms with Crippen molar-refractivity contribution >= 4 is 17.4 Å². The Morgan fingerprint density at radius 1 is 1.27 bits per heavy atom. The molecule has 3 heteroatoms.